The second-order valence-corrected chi connectivity index (χ2v) is 3.67. The summed E-state index contributed by atoms with van der Waals surface area (Å²) < 4.78 is 1.83. The Kier molecular flexibility index (Phi) is 1.73. The highest BCUT2D eigenvalue weighted by atomic mass is 15.3. The van der Waals surface area contributed by atoms with Crippen LogP contribution in [0.1, 0.15) is 0 Å². The highest BCUT2D eigenvalue weighted by Gasteiger charge is 2.11. The van der Waals surface area contributed by atoms with E-state index >= 15 is 0 Å². The SMILES string of the molecule is Cn1nc2ccccc2c1-c1cnc(N)[nH]1. The predicted octanol–water partition coefficient (Wildman–Crippen LogP) is 1.55. The molecule has 2 heterocycles. The summed E-state index contributed by atoms with van der Waals surface area (Å²) in [6.45, 7) is 0. The minimum atomic E-state index is 0.417. The largest absolute Gasteiger partial charge is 0.369 e. The van der Waals surface area contributed by atoms with Crippen molar-refractivity contribution in [1.82, 2.24) is 19.7 Å². The highest BCUT2D eigenvalue weighted by Crippen LogP contribution is 2.26. The summed E-state index contributed by atoms with van der Waals surface area (Å²) in [6.07, 6.45) is 1.72. The smallest absolute Gasteiger partial charge is 0.197 e. The number of aryl methyl sites for hydroxylation is 1. The van der Waals surface area contributed by atoms with Crippen LogP contribution in [0.2, 0.25) is 0 Å². The number of H-pyrrole nitrogens is 1. The first-order valence-electron chi connectivity index (χ1n) is 4.98. The van der Waals surface area contributed by atoms with Crippen molar-refractivity contribution in [3.05, 3.63) is 30.5 Å². The van der Waals surface area contributed by atoms with Crippen molar-refractivity contribution in [2.45, 2.75) is 0 Å². The number of nitrogens with zero attached hydrogens (tertiary/aromatic N) is 3. The normalized spacial score (nSPS) is 11.1. The molecular weight excluding hydrogens is 202 g/mol. The number of hydrogen-bond acceptors (Lipinski definition) is 3. The Labute approximate surface area is 91.9 Å². The van der Waals surface area contributed by atoms with E-state index in [1.165, 1.54) is 0 Å². The zero-order valence-electron chi connectivity index (χ0n) is 8.81. The Hall–Kier alpha value is -2.30. The minimum absolute atomic E-state index is 0.417. The van der Waals surface area contributed by atoms with Gasteiger partial charge in [0.05, 0.1) is 23.1 Å². The molecule has 0 aliphatic rings. The standard InChI is InChI=1S/C11H11N5/c1-16-10(9-6-13-11(12)14-9)7-4-2-3-5-8(7)15-16/h2-6H,1H3,(H3,12,13,14). The number of fused-ring (bicyclic) bond motifs is 1. The number of hydrogen-bond donors (Lipinski definition) is 2. The zero-order valence-corrected chi connectivity index (χ0v) is 8.81. The summed E-state index contributed by atoms with van der Waals surface area (Å²) in [4.78, 5) is 7.02. The van der Waals surface area contributed by atoms with E-state index in [0.717, 1.165) is 22.3 Å². The van der Waals surface area contributed by atoms with E-state index < -0.39 is 0 Å². The van der Waals surface area contributed by atoms with Gasteiger partial charge in [-0.3, -0.25) is 4.68 Å². The fraction of sp³-hybridized carbons (Fsp3) is 0.0909. The van der Waals surface area contributed by atoms with Gasteiger partial charge in [-0.1, -0.05) is 18.2 Å². The van der Waals surface area contributed by atoms with Gasteiger partial charge in [0.2, 0.25) is 0 Å². The molecule has 0 saturated heterocycles. The van der Waals surface area contributed by atoms with Crippen molar-refractivity contribution >= 4 is 16.9 Å². The number of rotatable bonds is 1. The lowest BCUT2D eigenvalue weighted by Crippen LogP contribution is -1.94. The lowest BCUT2D eigenvalue weighted by molar-refractivity contribution is 0.786. The Balaban J connectivity index is 2.34. The maximum absolute atomic E-state index is 5.58. The number of nitrogens with two attached hydrogens (primary N) is 1. The monoisotopic (exact) mass is 213 g/mol. The van der Waals surface area contributed by atoms with Crippen LogP contribution in [0.15, 0.2) is 30.5 Å². The first-order valence-corrected chi connectivity index (χ1v) is 4.98. The average Bonchev–Trinajstić information content (AvgIpc) is 2.80. The molecule has 80 valence electrons. The van der Waals surface area contributed by atoms with Gasteiger partial charge in [-0.2, -0.15) is 5.10 Å². The van der Waals surface area contributed by atoms with Crippen LogP contribution in [-0.4, -0.2) is 19.7 Å². The number of nitrogen functional groups attached to an aromatic ring is 1. The first kappa shape index (κ1) is 8.96. The lowest BCUT2D eigenvalue weighted by Gasteiger charge is -1.98. The number of aromatic nitrogens is 4. The summed E-state index contributed by atoms with van der Waals surface area (Å²) in [5.74, 6) is 0.417. The number of aromatic amines is 1. The zero-order chi connectivity index (χ0) is 11.1. The summed E-state index contributed by atoms with van der Waals surface area (Å²) in [5, 5.41) is 5.52. The first-order chi connectivity index (χ1) is 7.75. The maximum Gasteiger partial charge on any atom is 0.197 e. The fourth-order valence-corrected chi connectivity index (χ4v) is 1.92. The van der Waals surface area contributed by atoms with E-state index in [4.69, 9.17) is 5.73 Å². The molecular formula is C11H11N5. The molecule has 3 N–H and O–H groups in total. The van der Waals surface area contributed by atoms with Gasteiger partial charge in [-0.05, 0) is 6.07 Å². The van der Waals surface area contributed by atoms with Gasteiger partial charge in [-0.25, -0.2) is 4.98 Å². The van der Waals surface area contributed by atoms with Gasteiger partial charge < -0.3 is 10.7 Å². The van der Waals surface area contributed by atoms with E-state index in [1.54, 1.807) is 6.20 Å². The van der Waals surface area contributed by atoms with Gasteiger partial charge >= 0.3 is 0 Å². The molecule has 0 fully saturated rings. The van der Waals surface area contributed by atoms with Crippen LogP contribution in [0.4, 0.5) is 5.95 Å². The van der Waals surface area contributed by atoms with E-state index in [-0.39, 0.29) is 0 Å². The third-order valence-electron chi connectivity index (χ3n) is 2.59. The Morgan fingerprint density at radius 2 is 2.12 bits per heavy atom. The molecule has 3 rings (SSSR count). The molecule has 0 amide bonds. The third kappa shape index (κ3) is 1.18. The van der Waals surface area contributed by atoms with Gasteiger partial charge in [0, 0.05) is 12.4 Å². The summed E-state index contributed by atoms with van der Waals surface area (Å²) >= 11 is 0. The highest BCUT2D eigenvalue weighted by molar-refractivity contribution is 5.92. The van der Waals surface area contributed by atoms with Gasteiger partial charge in [0.1, 0.15) is 0 Å². The quantitative estimate of drug-likeness (QED) is 0.644. The molecule has 0 bridgehead atoms. The Morgan fingerprint density at radius 1 is 1.31 bits per heavy atom. The molecule has 2 aromatic heterocycles. The molecule has 3 aromatic rings. The van der Waals surface area contributed by atoms with Crippen molar-refractivity contribution in [3.8, 4) is 11.4 Å². The van der Waals surface area contributed by atoms with Crippen molar-refractivity contribution in [3.63, 3.8) is 0 Å². The van der Waals surface area contributed by atoms with Gasteiger partial charge in [0.25, 0.3) is 0 Å². The molecule has 0 aliphatic heterocycles. The maximum atomic E-state index is 5.58. The molecule has 16 heavy (non-hydrogen) atoms. The summed E-state index contributed by atoms with van der Waals surface area (Å²) in [6, 6.07) is 7.99. The van der Waals surface area contributed by atoms with Crippen LogP contribution in [0.25, 0.3) is 22.3 Å². The number of benzene rings is 1. The van der Waals surface area contributed by atoms with E-state index in [0.29, 0.717) is 5.95 Å². The minimum Gasteiger partial charge on any atom is -0.369 e. The van der Waals surface area contributed by atoms with E-state index in [9.17, 15) is 0 Å². The molecule has 0 aliphatic carbocycles. The number of anilines is 1. The van der Waals surface area contributed by atoms with Gasteiger partial charge in [-0.15, -0.1) is 0 Å². The summed E-state index contributed by atoms with van der Waals surface area (Å²) in [7, 11) is 1.91. The fourth-order valence-electron chi connectivity index (χ4n) is 1.92. The Morgan fingerprint density at radius 3 is 2.88 bits per heavy atom. The second-order valence-electron chi connectivity index (χ2n) is 3.67. The van der Waals surface area contributed by atoms with Crippen LogP contribution < -0.4 is 5.73 Å². The second kappa shape index (κ2) is 3.10. The van der Waals surface area contributed by atoms with Crippen LogP contribution in [-0.2, 0) is 7.05 Å². The van der Waals surface area contributed by atoms with E-state index in [2.05, 4.69) is 15.1 Å². The molecule has 5 nitrogen and oxygen atoms in total. The molecule has 1 aromatic carbocycles. The van der Waals surface area contributed by atoms with Crippen LogP contribution >= 0.6 is 0 Å². The number of nitrogens with one attached hydrogen (secondary N) is 1. The molecule has 0 atom stereocenters. The predicted molar refractivity (Wildman–Crippen MR) is 62.7 cm³/mol. The van der Waals surface area contributed by atoms with Crippen molar-refractivity contribution < 1.29 is 0 Å². The van der Waals surface area contributed by atoms with Crippen molar-refractivity contribution in [2.24, 2.45) is 7.05 Å². The van der Waals surface area contributed by atoms with Crippen LogP contribution in [0.5, 0.6) is 0 Å². The van der Waals surface area contributed by atoms with Crippen LogP contribution in [0, 0.1) is 0 Å². The van der Waals surface area contributed by atoms with Gasteiger partial charge in [0.15, 0.2) is 5.95 Å². The Bertz CT molecular complexity index is 649. The molecule has 0 spiro atoms. The average molecular weight is 213 g/mol. The molecule has 0 radical (unpaired) electrons. The molecule has 0 saturated carbocycles. The lowest BCUT2D eigenvalue weighted by atomic mass is 10.2. The molecule has 5 heteroatoms. The van der Waals surface area contributed by atoms with Crippen molar-refractivity contribution in [2.75, 3.05) is 5.73 Å². The summed E-state index contributed by atoms with van der Waals surface area (Å²) in [5.41, 5.74) is 8.43. The van der Waals surface area contributed by atoms with E-state index in [1.807, 2.05) is 36.0 Å². The number of imidazole rings is 1. The topological polar surface area (TPSA) is 72.5 Å². The van der Waals surface area contributed by atoms with Crippen LogP contribution in [0.3, 0.4) is 0 Å². The van der Waals surface area contributed by atoms with Crippen molar-refractivity contribution in [1.29, 1.82) is 0 Å². The third-order valence-corrected chi connectivity index (χ3v) is 2.59. The molecule has 0 unspecified atom stereocenters.